The van der Waals surface area contributed by atoms with Gasteiger partial charge in [0.25, 0.3) is 10.0 Å². The van der Waals surface area contributed by atoms with Gasteiger partial charge in [-0.2, -0.15) is 0 Å². The normalized spacial score (nSPS) is 11.0. The van der Waals surface area contributed by atoms with Crippen LogP contribution in [0.5, 0.6) is 0 Å². The number of anilines is 2. The van der Waals surface area contributed by atoms with E-state index in [1.165, 1.54) is 30.5 Å². The highest BCUT2D eigenvalue weighted by molar-refractivity contribution is 7.92. The molecule has 1 aromatic heterocycles. The van der Waals surface area contributed by atoms with Gasteiger partial charge in [0.2, 0.25) is 5.91 Å². The van der Waals surface area contributed by atoms with Crippen LogP contribution in [0.15, 0.2) is 71.8 Å². The van der Waals surface area contributed by atoms with Crippen molar-refractivity contribution in [1.82, 2.24) is 4.98 Å². The summed E-state index contributed by atoms with van der Waals surface area (Å²) in [6, 6.07) is 16.2. The fraction of sp³-hybridized carbons (Fsp3) is 0.174. The van der Waals surface area contributed by atoms with Gasteiger partial charge in [-0.15, -0.1) is 0 Å². The highest BCUT2D eigenvalue weighted by Crippen LogP contribution is 2.18. The van der Waals surface area contributed by atoms with Crippen molar-refractivity contribution >= 4 is 33.2 Å². The minimum absolute atomic E-state index is 0.0348. The van der Waals surface area contributed by atoms with Crippen LogP contribution in [0, 0.1) is 13.8 Å². The van der Waals surface area contributed by atoms with E-state index in [0.717, 1.165) is 11.1 Å². The molecular weight excluding hydrogens is 414 g/mol. The number of hydrogen-bond donors (Lipinski definition) is 2. The summed E-state index contributed by atoms with van der Waals surface area (Å²) in [5.41, 5.74) is 3.17. The summed E-state index contributed by atoms with van der Waals surface area (Å²) in [6.07, 6.45) is 1.61. The van der Waals surface area contributed by atoms with Crippen molar-refractivity contribution in [2.45, 2.75) is 31.6 Å². The van der Waals surface area contributed by atoms with Gasteiger partial charge in [-0.25, -0.2) is 13.4 Å². The monoisotopic (exact) mass is 437 g/mol. The molecule has 0 atom stereocenters. The lowest BCUT2D eigenvalue weighted by atomic mass is 10.0. The zero-order valence-electron chi connectivity index (χ0n) is 17.3. The number of rotatable bonds is 8. The minimum atomic E-state index is -3.79. The molecular formula is C23H23N3O4S. The molecule has 31 heavy (non-hydrogen) atoms. The van der Waals surface area contributed by atoms with Crippen LogP contribution in [0.3, 0.4) is 0 Å². The number of nitrogens with zero attached hydrogens (tertiary/aromatic N) is 1. The average molecular weight is 438 g/mol. The number of Topliss-reactive ketones (excluding diaryl/α,β-unsaturated/α-hetero) is 1. The van der Waals surface area contributed by atoms with Crippen LogP contribution >= 0.6 is 0 Å². The third-order valence-electron chi connectivity index (χ3n) is 4.76. The molecule has 3 aromatic rings. The van der Waals surface area contributed by atoms with Crippen molar-refractivity contribution in [2.75, 3.05) is 10.0 Å². The Kier molecular flexibility index (Phi) is 6.81. The third-order valence-corrected chi connectivity index (χ3v) is 6.13. The first kappa shape index (κ1) is 22.2. The van der Waals surface area contributed by atoms with Crippen molar-refractivity contribution < 1.29 is 18.0 Å². The third kappa shape index (κ3) is 5.99. The second-order valence-corrected chi connectivity index (χ2v) is 8.80. The summed E-state index contributed by atoms with van der Waals surface area (Å²) in [4.78, 5) is 28.5. The van der Waals surface area contributed by atoms with E-state index < -0.39 is 10.0 Å². The Labute approximate surface area is 181 Å². The zero-order valence-corrected chi connectivity index (χ0v) is 18.1. The molecule has 0 aliphatic carbocycles. The number of pyridine rings is 1. The molecule has 0 unspecified atom stereocenters. The lowest BCUT2D eigenvalue weighted by Gasteiger charge is -2.09. The summed E-state index contributed by atoms with van der Waals surface area (Å²) in [6.45, 7) is 3.91. The molecule has 2 N–H and O–H groups in total. The van der Waals surface area contributed by atoms with E-state index in [0.29, 0.717) is 11.3 Å². The maximum Gasteiger partial charge on any atom is 0.263 e. The maximum atomic E-state index is 12.4. The number of carbonyl (C=O) groups excluding carboxylic acids is 2. The van der Waals surface area contributed by atoms with E-state index in [1.807, 2.05) is 26.0 Å². The molecule has 0 spiro atoms. The van der Waals surface area contributed by atoms with Gasteiger partial charge in [-0.3, -0.25) is 14.3 Å². The Morgan fingerprint density at radius 3 is 2.29 bits per heavy atom. The van der Waals surface area contributed by atoms with Gasteiger partial charge in [-0.05, 0) is 67.4 Å². The van der Waals surface area contributed by atoms with Crippen LogP contribution in [0.4, 0.5) is 11.5 Å². The van der Waals surface area contributed by atoms with Crippen molar-refractivity contribution in [3.05, 3.63) is 83.6 Å². The highest BCUT2D eigenvalue weighted by atomic mass is 32.2. The number of nitrogens with one attached hydrogen (secondary N) is 2. The number of sulfonamides is 1. The van der Waals surface area contributed by atoms with Gasteiger partial charge >= 0.3 is 0 Å². The number of aryl methyl sites for hydroxylation is 2. The van der Waals surface area contributed by atoms with E-state index >= 15 is 0 Å². The fourth-order valence-electron chi connectivity index (χ4n) is 2.85. The number of benzene rings is 2. The lowest BCUT2D eigenvalue weighted by molar-refractivity contribution is -0.116. The number of hydrogen-bond acceptors (Lipinski definition) is 5. The standard InChI is InChI=1S/C23H23N3O4S/c1-16-6-7-18(15-17(16)2)21(27)12-13-23(28)25-19-8-10-20(11-9-19)31(29,30)26-22-5-3-4-14-24-22/h3-11,14-15H,12-13H2,1-2H3,(H,24,26)(H,25,28). The largest absolute Gasteiger partial charge is 0.326 e. The molecule has 0 bridgehead atoms. The minimum Gasteiger partial charge on any atom is -0.326 e. The quantitative estimate of drug-likeness (QED) is 0.516. The van der Waals surface area contributed by atoms with Crippen molar-refractivity contribution in [3.63, 3.8) is 0 Å². The molecule has 160 valence electrons. The highest BCUT2D eigenvalue weighted by Gasteiger charge is 2.15. The number of ketones is 1. The number of aromatic nitrogens is 1. The first-order valence-electron chi connectivity index (χ1n) is 9.69. The van der Waals surface area contributed by atoms with Crippen molar-refractivity contribution in [3.8, 4) is 0 Å². The molecule has 0 saturated heterocycles. The first-order valence-corrected chi connectivity index (χ1v) is 11.2. The zero-order chi connectivity index (χ0) is 22.4. The molecule has 8 heteroatoms. The van der Waals surface area contributed by atoms with Crippen LogP contribution in [-0.4, -0.2) is 25.1 Å². The summed E-state index contributed by atoms with van der Waals surface area (Å²) in [7, 11) is -3.79. The maximum absolute atomic E-state index is 12.4. The van der Waals surface area contributed by atoms with Gasteiger partial charge in [0, 0.05) is 30.3 Å². The Morgan fingerprint density at radius 2 is 1.65 bits per heavy atom. The van der Waals surface area contributed by atoms with Crippen LogP contribution in [0.2, 0.25) is 0 Å². The van der Waals surface area contributed by atoms with Crippen LogP contribution in [0.25, 0.3) is 0 Å². The van der Waals surface area contributed by atoms with Crippen molar-refractivity contribution in [1.29, 1.82) is 0 Å². The van der Waals surface area contributed by atoms with Crippen LogP contribution in [-0.2, 0) is 14.8 Å². The average Bonchev–Trinajstić information content (AvgIpc) is 2.75. The van der Waals surface area contributed by atoms with E-state index in [2.05, 4.69) is 15.0 Å². The Bertz CT molecular complexity index is 1190. The Hall–Kier alpha value is -3.52. The predicted molar refractivity (Wildman–Crippen MR) is 120 cm³/mol. The molecule has 0 aliphatic heterocycles. The second-order valence-electron chi connectivity index (χ2n) is 7.12. The van der Waals surface area contributed by atoms with Gasteiger partial charge < -0.3 is 5.32 Å². The van der Waals surface area contributed by atoms with Gasteiger partial charge in [-0.1, -0.05) is 18.2 Å². The first-order chi connectivity index (χ1) is 14.7. The summed E-state index contributed by atoms with van der Waals surface area (Å²) in [5, 5.41) is 2.68. The Morgan fingerprint density at radius 1 is 0.903 bits per heavy atom. The smallest absolute Gasteiger partial charge is 0.263 e. The van der Waals surface area contributed by atoms with E-state index in [1.54, 1.807) is 24.3 Å². The van der Waals surface area contributed by atoms with E-state index in [9.17, 15) is 18.0 Å². The predicted octanol–water partition coefficient (Wildman–Crippen LogP) is 4.10. The topological polar surface area (TPSA) is 105 Å². The number of carbonyl (C=O) groups is 2. The van der Waals surface area contributed by atoms with Gasteiger partial charge in [0.05, 0.1) is 4.90 Å². The fourth-order valence-corrected chi connectivity index (χ4v) is 3.86. The van der Waals surface area contributed by atoms with Gasteiger partial charge in [0.15, 0.2) is 5.78 Å². The molecule has 1 amide bonds. The molecule has 3 rings (SSSR count). The summed E-state index contributed by atoms with van der Waals surface area (Å²) in [5.74, 6) is -0.201. The molecule has 7 nitrogen and oxygen atoms in total. The second kappa shape index (κ2) is 9.53. The number of amides is 1. The van der Waals surface area contributed by atoms with Crippen LogP contribution < -0.4 is 10.0 Å². The summed E-state index contributed by atoms with van der Waals surface area (Å²) >= 11 is 0. The molecule has 0 radical (unpaired) electrons. The van der Waals surface area contributed by atoms with Gasteiger partial charge in [0.1, 0.15) is 5.82 Å². The Balaban J connectivity index is 1.56. The molecule has 1 heterocycles. The lowest BCUT2D eigenvalue weighted by Crippen LogP contribution is -2.15. The summed E-state index contributed by atoms with van der Waals surface area (Å²) < 4.78 is 27.2. The van der Waals surface area contributed by atoms with Crippen molar-refractivity contribution in [2.24, 2.45) is 0 Å². The molecule has 0 saturated carbocycles. The molecule has 0 aliphatic rings. The van der Waals surface area contributed by atoms with E-state index in [4.69, 9.17) is 0 Å². The molecule has 2 aromatic carbocycles. The van der Waals surface area contributed by atoms with E-state index in [-0.39, 0.29) is 35.2 Å². The molecule has 0 fully saturated rings. The van der Waals surface area contributed by atoms with Crippen LogP contribution in [0.1, 0.15) is 34.3 Å². The SMILES string of the molecule is Cc1ccc(C(=O)CCC(=O)Nc2ccc(S(=O)(=O)Nc3ccccn3)cc2)cc1C.